The standard InChI is InChI=1S/C13H19N3O2S/c1-4-8-14-9(2)13-15-10-6-5-7-11(12(10)16-13)19(3,17)18/h5-7,9,14H,4,8H2,1-3H3,(H,15,16). The molecule has 2 rings (SSSR count). The Labute approximate surface area is 113 Å². The first-order valence-electron chi connectivity index (χ1n) is 6.35. The van der Waals surface area contributed by atoms with E-state index in [1.807, 2.05) is 13.0 Å². The topological polar surface area (TPSA) is 74.8 Å². The fourth-order valence-electron chi connectivity index (χ4n) is 1.99. The number of H-pyrrole nitrogens is 1. The number of hydrogen-bond donors (Lipinski definition) is 2. The maximum absolute atomic E-state index is 11.7. The second-order valence-electron chi connectivity index (χ2n) is 4.72. The maximum atomic E-state index is 11.7. The summed E-state index contributed by atoms with van der Waals surface area (Å²) in [5.74, 6) is 0.763. The van der Waals surface area contributed by atoms with Gasteiger partial charge in [-0.3, -0.25) is 0 Å². The van der Waals surface area contributed by atoms with E-state index in [0.29, 0.717) is 5.52 Å². The summed E-state index contributed by atoms with van der Waals surface area (Å²) in [5, 5.41) is 3.32. The molecule has 2 aromatic rings. The van der Waals surface area contributed by atoms with Crippen LogP contribution in [0, 0.1) is 0 Å². The monoisotopic (exact) mass is 281 g/mol. The predicted molar refractivity (Wildman–Crippen MR) is 75.9 cm³/mol. The third kappa shape index (κ3) is 2.96. The third-order valence-electron chi connectivity index (χ3n) is 3.00. The van der Waals surface area contributed by atoms with Gasteiger partial charge in [-0.05, 0) is 32.0 Å². The van der Waals surface area contributed by atoms with Crippen molar-refractivity contribution >= 4 is 20.9 Å². The lowest BCUT2D eigenvalue weighted by Gasteiger charge is -2.09. The molecule has 0 spiro atoms. The lowest BCUT2D eigenvalue weighted by Crippen LogP contribution is -2.20. The molecule has 1 aromatic carbocycles. The van der Waals surface area contributed by atoms with Crippen LogP contribution in [0.4, 0.5) is 0 Å². The molecule has 0 aliphatic heterocycles. The number of para-hydroxylation sites is 1. The average Bonchev–Trinajstić information content (AvgIpc) is 2.78. The average molecular weight is 281 g/mol. The minimum atomic E-state index is -3.26. The van der Waals surface area contributed by atoms with E-state index in [-0.39, 0.29) is 10.9 Å². The molecule has 1 heterocycles. The molecule has 0 bridgehead atoms. The van der Waals surface area contributed by atoms with Crippen molar-refractivity contribution in [3.63, 3.8) is 0 Å². The quantitative estimate of drug-likeness (QED) is 0.879. The summed E-state index contributed by atoms with van der Waals surface area (Å²) in [5.41, 5.74) is 1.27. The van der Waals surface area contributed by atoms with Gasteiger partial charge in [0.25, 0.3) is 0 Å². The van der Waals surface area contributed by atoms with Crippen molar-refractivity contribution < 1.29 is 8.42 Å². The highest BCUT2D eigenvalue weighted by Gasteiger charge is 2.17. The normalized spacial score (nSPS) is 13.8. The number of imidazole rings is 1. The fourth-order valence-corrected chi connectivity index (χ4v) is 2.82. The molecule has 0 amide bonds. The number of sulfone groups is 1. The predicted octanol–water partition coefficient (Wildman–Crippen LogP) is 2.03. The minimum absolute atomic E-state index is 0.0692. The Bertz CT molecular complexity index is 676. The van der Waals surface area contributed by atoms with Gasteiger partial charge in [0.1, 0.15) is 11.3 Å². The van der Waals surface area contributed by atoms with Gasteiger partial charge in [-0.25, -0.2) is 13.4 Å². The summed E-state index contributed by atoms with van der Waals surface area (Å²) < 4.78 is 23.5. The highest BCUT2D eigenvalue weighted by atomic mass is 32.2. The largest absolute Gasteiger partial charge is 0.341 e. The number of nitrogens with zero attached hydrogens (tertiary/aromatic N) is 1. The van der Waals surface area contributed by atoms with Gasteiger partial charge in [-0.2, -0.15) is 0 Å². The molecule has 19 heavy (non-hydrogen) atoms. The summed E-state index contributed by atoms with van der Waals surface area (Å²) in [6.07, 6.45) is 2.24. The molecule has 0 saturated carbocycles. The number of hydrogen-bond acceptors (Lipinski definition) is 4. The van der Waals surface area contributed by atoms with Crippen molar-refractivity contribution in [2.45, 2.75) is 31.2 Å². The second kappa shape index (κ2) is 5.30. The SMILES string of the molecule is CCCNC(C)c1nc2c(S(C)(=O)=O)cccc2[nH]1. The van der Waals surface area contributed by atoms with Gasteiger partial charge >= 0.3 is 0 Å². The molecule has 1 aromatic heterocycles. The third-order valence-corrected chi connectivity index (χ3v) is 4.13. The van der Waals surface area contributed by atoms with Crippen molar-refractivity contribution in [1.29, 1.82) is 0 Å². The van der Waals surface area contributed by atoms with Crippen LogP contribution in [0.2, 0.25) is 0 Å². The van der Waals surface area contributed by atoms with Gasteiger partial charge in [0.05, 0.1) is 16.5 Å². The van der Waals surface area contributed by atoms with Crippen molar-refractivity contribution in [2.24, 2.45) is 0 Å². The second-order valence-corrected chi connectivity index (χ2v) is 6.71. The van der Waals surface area contributed by atoms with Gasteiger partial charge < -0.3 is 10.3 Å². The summed E-state index contributed by atoms with van der Waals surface area (Å²) in [6, 6.07) is 5.23. The Morgan fingerprint density at radius 2 is 2.16 bits per heavy atom. The van der Waals surface area contributed by atoms with Crippen LogP contribution in [0.1, 0.15) is 32.1 Å². The number of nitrogens with one attached hydrogen (secondary N) is 2. The summed E-state index contributed by atoms with van der Waals surface area (Å²) in [7, 11) is -3.26. The van der Waals surface area contributed by atoms with E-state index < -0.39 is 9.84 Å². The van der Waals surface area contributed by atoms with Crippen molar-refractivity contribution in [3.8, 4) is 0 Å². The van der Waals surface area contributed by atoms with Crippen LogP contribution in [-0.2, 0) is 9.84 Å². The zero-order valence-corrected chi connectivity index (χ0v) is 12.2. The van der Waals surface area contributed by atoms with Crippen LogP contribution in [0.25, 0.3) is 11.0 Å². The molecule has 5 nitrogen and oxygen atoms in total. The molecular formula is C13H19N3O2S. The molecular weight excluding hydrogens is 262 g/mol. The van der Waals surface area contributed by atoms with Gasteiger partial charge in [0.15, 0.2) is 9.84 Å². The van der Waals surface area contributed by atoms with E-state index >= 15 is 0 Å². The Morgan fingerprint density at radius 1 is 1.42 bits per heavy atom. The van der Waals surface area contributed by atoms with Gasteiger partial charge in [0, 0.05) is 6.26 Å². The summed E-state index contributed by atoms with van der Waals surface area (Å²) >= 11 is 0. The van der Waals surface area contributed by atoms with Crippen LogP contribution in [-0.4, -0.2) is 31.2 Å². The Balaban J connectivity index is 2.46. The number of aromatic nitrogens is 2. The van der Waals surface area contributed by atoms with E-state index in [4.69, 9.17) is 0 Å². The molecule has 1 atom stereocenters. The van der Waals surface area contributed by atoms with Crippen LogP contribution >= 0.6 is 0 Å². The van der Waals surface area contributed by atoms with E-state index in [1.54, 1.807) is 12.1 Å². The number of benzene rings is 1. The first-order chi connectivity index (χ1) is 8.93. The lowest BCUT2D eigenvalue weighted by atomic mass is 10.3. The molecule has 0 fully saturated rings. The van der Waals surface area contributed by atoms with E-state index in [1.165, 1.54) is 6.26 Å². The molecule has 104 valence electrons. The number of fused-ring (bicyclic) bond motifs is 1. The smallest absolute Gasteiger partial charge is 0.177 e. The fraction of sp³-hybridized carbons (Fsp3) is 0.462. The first kappa shape index (κ1) is 14.0. The molecule has 0 saturated heterocycles. The van der Waals surface area contributed by atoms with Crippen molar-refractivity contribution in [2.75, 3.05) is 12.8 Å². The molecule has 6 heteroatoms. The first-order valence-corrected chi connectivity index (χ1v) is 8.24. The minimum Gasteiger partial charge on any atom is -0.341 e. The number of aromatic amines is 1. The zero-order valence-electron chi connectivity index (χ0n) is 11.4. The van der Waals surface area contributed by atoms with Gasteiger partial charge in [-0.15, -0.1) is 0 Å². The van der Waals surface area contributed by atoms with Crippen LogP contribution in [0.5, 0.6) is 0 Å². The molecule has 0 aliphatic carbocycles. The van der Waals surface area contributed by atoms with Gasteiger partial charge in [0.2, 0.25) is 0 Å². The number of rotatable bonds is 5. The summed E-state index contributed by atoms with van der Waals surface area (Å²) in [6.45, 7) is 5.00. The molecule has 2 N–H and O–H groups in total. The molecule has 0 aliphatic rings. The van der Waals surface area contributed by atoms with Crippen LogP contribution in [0.15, 0.2) is 23.1 Å². The summed E-state index contributed by atoms with van der Waals surface area (Å²) in [4.78, 5) is 7.89. The Hall–Kier alpha value is -1.40. The zero-order chi connectivity index (χ0) is 14.0. The molecule has 1 unspecified atom stereocenters. The van der Waals surface area contributed by atoms with Crippen molar-refractivity contribution in [1.82, 2.24) is 15.3 Å². The van der Waals surface area contributed by atoms with Crippen LogP contribution < -0.4 is 5.32 Å². The Kier molecular flexibility index (Phi) is 3.91. The van der Waals surface area contributed by atoms with Crippen LogP contribution in [0.3, 0.4) is 0 Å². The molecule has 0 radical (unpaired) electrons. The van der Waals surface area contributed by atoms with Gasteiger partial charge in [-0.1, -0.05) is 13.0 Å². The maximum Gasteiger partial charge on any atom is 0.177 e. The lowest BCUT2D eigenvalue weighted by molar-refractivity contribution is 0.550. The Morgan fingerprint density at radius 3 is 2.79 bits per heavy atom. The van der Waals surface area contributed by atoms with E-state index in [2.05, 4.69) is 22.2 Å². The van der Waals surface area contributed by atoms with Crippen molar-refractivity contribution in [3.05, 3.63) is 24.0 Å². The van der Waals surface area contributed by atoms with E-state index in [0.717, 1.165) is 24.3 Å². The highest BCUT2D eigenvalue weighted by molar-refractivity contribution is 7.91. The van der Waals surface area contributed by atoms with E-state index in [9.17, 15) is 8.42 Å². The highest BCUT2D eigenvalue weighted by Crippen LogP contribution is 2.22.